The fourth-order valence-corrected chi connectivity index (χ4v) is 4.11. The van der Waals surface area contributed by atoms with Gasteiger partial charge < -0.3 is 5.32 Å². The van der Waals surface area contributed by atoms with Crippen molar-refractivity contribution in [2.24, 2.45) is 5.41 Å². The second-order valence-corrected chi connectivity index (χ2v) is 8.89. The van der Waals surface area contributed by atoms with Gasteiger partial charge in [-0.15, -0.1) is 0 Å². The molecule has 1 aliphatic heterocycles. The number of anilines is 2. The Morgan fingerprint density at radius 2 is 2.09 bits per heavy atom. The van der Waals surface area contributed by atoms with Crippen LogP contribution >= 0.6 is 11.6 Å². The molecule has 0 radical (unpaired) electrons. The highest BCUT2D eigenvalue weighted by Crippen LogP contribution is 2.34. The van der Waals surface area contributed by atoms with Crippen LogP contribution in [0.2, 0.25) is 5.02 Å². The second kappa shape index (κ2) is 9.28. The first kappa shape index (κ1) is 24.6. The van der Waals surface area contributed by atoms with Crippen LogP contribution < -0.4 is 5.32 Å². The zero-order chi connectivity index (χ0) is 25.4. The van der Waals surface area contributed by atoms with Gasteiger partial charge in [-0.2, -0.15) is 13.2 Å². The summed E-state index contributed by atoms with van der Waals surface area (Å²) in [5.41, 5.74) is -0.673. The molecule has 7 nitrogen and oxygen atoms in total. The average molecular weight is 508 g/mol. The van der Waals surface area contributed by atoms with E-state index in [-0.39, 0.29) is 46.3 Å². The molecule has 0 bridgehead atoms. The van der Waals surface area contributed by atoms with Crippen molar-refractivity contribution in [3.05, 3.63) is 63.2 Å². The highest BCUT2D eigenvalue weighted by Gasteiger charge is 2.38. The Kier molecular flexibility index (Phi) is 6.53. The summed E-state index contributed by atoms with van der Waals surface area (Å²) < 4.78 is 52.5. The molecule has 12 heteroatoms. The van der Waals surface area contributed by atoms with E-state index in [9.17, 15) is 27.7 Å². The fourth-order valence-electron chi connectivity index (χ4n) is 3.94. The summed E-state index contributed by atoms with van der Waals surface area (Å²) in [5.74, 6) is 5.13. The zero-order valence-electron chi connectivity index (χ0n) is 18.3. The quantitative estimate of drug-likeness (QED) is 0.211. The Bertz CT molecular complexity index is 1370. The van der Waals surface area contributed by atoms with Crippen LogP contribution in [0.1, 0.15) is 18.9 Å². The van der Waals surface area contributed by atoms with Gasteiger partial charge in [-0.25, -0.2) is 14.4 Å². The van der Waals surface area contributed by atoms with Gasteiger partial charge in [-0.3, -0.25) is 15.0 Å². The molecule has 1 aliphatic rings. The number of nitrogens with zero attached hydrogens (tertiary/aromatic N) is 4. The van der Waals surface area contributed by atoms with Crippen molar-refractivity contribution in [1.82, 2.24) is 14.9 Å². The van der Waals surface area contributed by atoms with Gasteiger partial charge in [0, 0.05) is 30.0 Å². The molecular formula is C23H18ClF4N5O2. The maximum atomic E-state index is 14.3. The fraction of sp³-hybridized carbons (Fsp3) is 0.304. The highest BCUT2D eigenvalue weighted by molar-refractivity contribution is 6.31. The number of alkyl halides is 3. The van der Waals surface area contributed by atoms with Gasteiger partial charge in [-0.1, -0.05) is 29.5 Å². The predicted octanol–water partition coefficient (Wildman–Crippen LogP) is 5.70. The summed E-state index contributed by atoms with van der Waals surface area (Å²) in [6.45, 7) is 1.03. The standard InChI is InChI=1S/C23H18ClF4N5O2/c1-22(7-8-32(11-22)12-23(26,27)28)6-5-14-9-18-15(10-19(14)33(34)35)21(30-13-29-18)31-17-4-2-3-16(24)20(17)25/h2-4,9-10,13H,7-8,11-12H2,1H3,(H,29,30,31). The Labute approximate surface area is 202 Å². The highest BCUT2D eigenvalue weighted by atomic mass is 35.5. The van der Waals surface area contributed by atoms with E-state index in [0.717, 1.165) is 0 Å². The topological polar surface area (TPSA) is 84.2 Å². The first-order valence-corrected chi connectivity index (χ1v) is 10.8. The van der Waals surface area contributed by atoms with Crippen LogP contribution in [0.4, 0.5) is 34.8 Å². The van der Waals surface area contributed by atoms with Crippen molar-refractivity contribution >= 4 is 39.7 Å². The van der Waals surface area contributed by atoms with E-state index in [1.807, 2.05) is 0 Å². The number of rotatable bonds is 4. The maximum Gasteiger partial charge on any atom is 0.401 e. The number of aromatic nitrogens is 2. The second-order valence-electron chi connectivity index (χ2n) is 8.48. The first-order chi connectivity index (χ1) is 16.4. The average Bonchev–Trinajstić information content (AvgIpc) is 3.14. The molecule has 1 atom stereocenters. The third-order valence-corrected chi connectivity index (χ3v) is 5.90. The summed E-state index contributed by atoms with van der Waals surface area (Å²) in [7, 11) is 0. The normalized spacial score (nSPS) is 18.3. The van der Waals surface area contributed by atoms with Crippen LogP contribution in [0, 0.1) is 33.2 Å². The van der Waals surface area contributed by atoms with E-state index in [4.69, 9.17) is 11.6 Å². The molecule has 35 heavy (non-hydrogen) atoms. The number of nitro benzene ring substituents is 1. The Morgan fingerprint density at radius 3 is 2.80 bits per heavy atom. The Morgan fingerprint density at radius 1 is 1.31 bits per heavy atom. The lowest BCUT2D eigenvalue weighted by Crippen LogP contribution is -2.33. The number of nitrogens with one attached hydrogen (secondary N) is 1. The van der Waals surface area contributed by atoms with E-state index in [2.05, 4.69) is 27.1 Å². The minimum atomic E-state index is -4.31. The van der Waals surface area contributed by atoms with E-state index in [1.165, 1.54) is 41.6 Å². The molecule has 0 aliphatic carbocycles. The Balaban J connectivity index is 1.69. The van der Waals surface area contributed by atoms with Gasteiger partial charge in [0.05, 0.1) is 27.7 Å². The van der Waals surface area contributed by atoms with Gasteiger partial charge in [0.25, 0.3) is 5.69 Å². The summed E-state index contributed by atoms with van der Waals surface area (Å²) >= 11 is 5.82. The Hall–Kier alpha value is -3.49. The van der Waals surface area contributed by atoms with Crippen molar-refractivity contribution in [2.45, 2.75) is 19.5 Å². The van der Waals surface area contributed by atoms with Gasteiger partial charge in [0.1, 0.15) is 17.7 Å². The molecule has 2 heterocycles. The third kappa shape index (κ3) is 5.61. The number of halogens is 5. The summed E-state index contributed by atoms with van der Waals surface area (Å²) in [6, 6.07) is 6.99. The van der Waals surface area contributed by atoms with Crippen LogP contribution in [0.5, 0.6) is 0 Å². The van der Waals surface area contributed by atoms with Crippen molar-refractivity contribution in [3.8, 4) is 11.8 Å². The van der Waals surface area contributed by atoms with Gasteiger partial charge in [-0.05, 0) is 31.5 Å². The molecule has 4 rings (SSSR count). The number of hydrogen-bond acceptors (Lipinski definition) is 6. The van der Waals surface area contributed by atoms with E-state index in [0.29, 0.717) is 11.9 Å². The van der Waals surface area contributed by atoms with Crippen molar-refractivity contribution in [1.29, 1.82) is 0 Å². The summed E-state index contributed by atoms with van der Waals surface area (Å²) in [5, 5.41) is 14.7. The number of likely N-dealkylation sites (tertiary alicyclic amines) is 1. The van der Waals surface area contributed by atoms with Gasteiger partial charge in [0.15, 0.2) is 5.82 Å². The molecule has 0 spiro atoms. The molecule has 0 amide bonds. The molecule has 1 unspecified atom stereocenters. The molecule has 1 aromatic heterocycles. The summed E-state index contributed by atoms with van der Waals surface area (Å²) in [4.78, 5) is 20.6. The van der Waals surface area contributed by atoms with Crippen LogP contribution in [-0.4, -0.2) is 45.6 Å². The summed E-state index contributed by atoms with van der Waals surface area (Å²) in [6.07, 6.45) is -2.70. The molecule has 0 saturated carbocycles. The lowest BCUT2D eigenvalue weighted by Gasteiger charge is -2.20. The number of nitro groups is 1. The van der Waals surface area contributed by atoms with Gasteiger partial charge >= 0.3 is 6.18 Å². The first-order valence-electron chi connectivity index (χ1n) is 10.4. The lowest BCUT2D eigenvalue weighted by molar-refractivity contribution is -0.385. The van der Waals surface area contributed by atoms with E-state index in [1.54, 1.807) is 6.92 Å². The van der Waals surface area contributed by atoms with Crippen LogP contribution in [0.15, 0.2) is 36.7 Å². The zero-order valence-corrected chi connectivity index (χ0v) is 19.0. The third-order valence-electron chi connectivity index (χ3n) is 5.61. The van der Waals surface area contributed by atoms with E-state index >= 15 is 0 Å². The molecule has 1 N–H and O–H groups in total. The molecule has 1 saturated heterocycles. The molecule has 1 fully saturated rings. The van der Waals surface area contributed by atoms with Crippen molar-refractivity contribution in [2.75, 3.05) is 25.0 Å². The van der Waals surface area contributed by atoms with Crippen LogP contribution in [-0.2, 0) is 0 Å². The molecule has 3 aromatic rings. The molecule has 2 aromatic carbocycles. The largest absolute Gasteiger partial charge is 0.401 e. The van der Waals surface area contributed by atoms with Crippen LogP contribution in [0.3, 0.4) is 0 Å². The van der Waals surface area contributed by atoms with Gasteiger partial charge in [0.2, 0.25) is 0 Å². The molecule has 182 valence electrons. The minimum Gasteiger partial charge on any atom is -0.337 e. The smallest absolute Gasteiger partial charge is 0.337 e. The predicted molar refractivity (Wildman–Crippen MR) is 123 cm³/mol. The molecular weight excluding hydrogens is 490 g/mol. The number of hydrogen-bond donors (Lipinski definition) is 1. The lowest BCUT2D eigenvalue weighted by atomic mass is 9.90. The minimum absolute atomic E-state index is 0.0293. The maximum absolute atomic E-state index is 14.3. The van der Waals surface area contributed by atoms with Crippen molar-refractivity contribution < 1.29 is 22.5 Å². The monoisotopic (exact) mass is 507 g/mol. The van der Waals surface area contributed by atoms with Crippen molar-refractivity contribution in [3.63, 3.8) is 0 Å². The number of fused-ring (bicyclic) bond motifs is 1. The SMILES string of the molecule is CC1(C#Cc2cc3ncnc(Nc4cccc(Cl)c4F)c3cc2[N+](=O)[O-])CCN(CC(F)(F)F)C1. The van der Waals surface area contributed by atoms with E-state index < -0.39 is 28.9 Å². The number of benzene rings is 2. The van der Waals surface area contributed by atoms with Crippen LogP contribution in [0.25, 0.3) is 10.9 Å².